The van der Waals surface area contributed by atoms with Gasteiger partial charge < -0.3 is 23.8 Å². The van der Waals surface area contributed by atoms with E-state index in [1.807, 2.05) is 0 Å². The highest BCUT2D eigenvalue weighted by molar-refractivity contribution is 5.76. The van der Waals surface area contributed by atoms with Crippen LogP contribution in [0.1, 0.15) is 103 Å². The van der Waals surface area contributed by atoms with Crippen molar-refractivity contribution >= 4 is 17.1 Å². The number of nitrogens with zero attached hydrogens (tertiary/aromatic N) is 1. The Morgan fingerprint density at radius 2 is 0.977 bits per heavy atom. The van der Waals surface area contributed by atoms with Gasteiger partial charge in [0.2, 0.25) is 0 Å². The van der Waals surface area contributed by atoms with Crippen LogP contribution >= 0.6 is 0 Å². The summed E-state index contributed by atoms with van der Waals surface area (Å²) in [5.74, 6) is -0.991. The first kappa shape index (κ1) is 32.7. The Bertz CT molecular complexity index is 1260. The smallest absolute Gasteiger partial charge is 0.195 e. The molecule has 44 heavy (non-hydrogen) atoms. The second-order valence-corrected chi connectivity index (χ2v) is 13.1. The Morgan fingerprint density at radius 1 is 0.636 bits per heavy atom. The predicted octanol–water partition coefficient (Wildman–Crippen LogP) is 10.3. The molecule has 3 aromatic rings. The third-order valence-electron chi connectivity index (χ3n) is 9.54. The first-order valence-corrected chi connectivity index (χ1v) is 16.9. The SMILES string of the molecule is CCCCC1(OC(C)C(c2ccc(N(c3ccc(C)cc3)c3ccc(C)cc3)cc2)C(C)OC2(CCCC)OC2C)OC1C. The van der Waals surface area contributed by atoms with Crippen molar-refractivity contribution in [3.8, 4) is 0 Å². The third kappa shape index (κ3) is 7.23. The molecular weight excluding hydrogens is 546 g/mol. The van der Waals surface area contributed by atoms with Crippen molar-refractivity contribution in [2.24, 2.45) is 0 Å². The van der Waals surface area contributed by atoms with Crippen molar-refractivity contribution in [2.45, 2.75) is 136 Å². The predicted molar refractivity (Wildman–Crippen MR) is 180 cm³/mol. The van der Waals surface area contributed by atoms with Crippen LogP contribution in [-0.2, 0) is 18.9 Å². The molecule has 0 radical (unpaired) electrons. The minimum Gasteiger partial charge on any atom is -0.344 e. The van der Waals surface area contributed by atoms with Gasteiger partial charge in [0.05, 0.1) is 12.2 Å². The largest absolute Gasteiger partial charge is 0.344 e. The van der Waals surface area contributed by atoms with Crippen LogP contribution in [0.2, 0.25) is 0 Å². The molecule has 6 atom stereocenters. The lowest BCUT2D eigenvalue weighted by Gasteiger charge is -2.34. The Labute approximate surface area is 265 Å². The van der Waals surface area contributed by atoms with Gasteiger partial charge in [0.15, 0.2) is 11.6 Å². The van der Waals surface area contributed by atoms with Crippen LogP contribution in [0.4, 0.5) is 17.1 Å². The van der Waals surface area contributed by atoms with Crippen LogP contribution in [0.5, 0.6) is 0 Å². The summed E-state index contributed by atoms with van der Waals surface area (Å²) < 4.78 is 25.9. The lowest BCUT2D eigenvalue weighted by atomic mass is 9.88. The number of hydrogen-bond donors (Lipinski definition) is 0. The van der Waals surface area contributed by atoms with Crippen molar-refractivity contribution in [3.63, 3.8) is 0 Å². The molecule has 3 aromatic carbocycles. The normalized spacial score (nSPS) is 26.2. The molecule has 238 valence electrons. The van der Waals surface area contributed by atoms with E-state index in [2.05, 4.69) is 133 Å². The number of epoxide rings is 2. The maximum absolute atomic E-state index is 6.83. The highest BCUT2D eigenvalue weighted by Crippen LogP contribution is 2.48. The summed E-state index contributed by atoms with van der Waals surface area (Å²) in [7, 11) is 0. The van der Waals surface area contributed by atoms with Crippen LogP contribution in [0.3, 0.4) is 0 Å². The van der Waals surface area contributed by atoms with Crippen LogP contribution < -0.4 is 4.90 Å². The monoisotopic (exact) mass is 599 g/mol. The van der Waals surface area contributed by atoms with Gasteiger partial charge in [-0.25, -0.2) is 0 Å². The highest BCUT2D eigenvalue weighted by atomic mass is 16.8. The Balaban J connectivity index is 1.46. The molecule has 5 nitrogen and oxygen atoms in total. The van der Waals surface area contributed by atoms with E-state index in [9.17, 15) is 0 Å². The van der Waals surface area contributed by atoms with E-state index in [1.165, 1.54) is 16.7 Å². The lowest BCUT2D eigenvalue weighted by molar-refractivity contribution is -0.143. The van der Waals surface area contributed by atoms with Gasteiger partial charge in [0.1, 0.15) is 12.2 Å². The standard InChI is InChI=1S/C39H53NO4/c1-9-11-25-38(31(7)43-38)41-29(5)37(30(6)42-39(26-12-10-2)32(8)44-39)33-17-23-36(24-18-33)40(34-19-13-27(3)14-20-34)35-21-15-28(4)16-22-35/h13-24,29-32,37H,9-12,25-26H2,1-8H3. The molecule has 5 heteroatoms. The van der Waals surface area contributed by atoms with Crippen molar-refractivity contribution in [3.05, 3.63) is 89.5 Å². The Morgan fingerprint density at radius 3 is 1.30 bits per heavy atom. The highest BCUT2D eigenvalue weighted by Gasteiger charge is 2.58. The van der Waals surface area contributed by atoms with E-state index in [4.69, 9.17) is 18.9 Å². The number of unbranched alkanes of at least 4 members (excludes halogenated alkanes) is 2. The maximum atomic E-state index is 6.83. The fraction of sp³-hybridized carbons (Fsp3) is 0.538. The molecule has 0 N–H and O–H groups in total. The summed E-state index contributed by atoms with van der Waals surface area (Å²) in [6.45, 7) is 17.3. The molecule has 0 amide bonds. The zero-order valence-corrected chi connectivity index (χ0v) is 28.1. The van der Waals surface area contributed by atoms with Crippen LogP contribution in [-0.4, -0.2) is 36.0 Å². The molecule has 5 rings (SSSR count). The van der Waals surface area contributed by atoms with E-state index in [1.54, 1.807) is 0 Å². The van der Waals surface area contributed by atoms with Crippen LogP contribution in [0, 0.1) is 13.8 Å². The average Bonchev–Trinajstić information content (AvgIpc) is 3.86. The van der Waals surface area contributed by atoms with E-state index in [-0.39, 0.29) is 30.3 Å². The molecule has 2 saturated heterocycles. The zero-order chi connectivity index (χ0) is 31.5. The number of aryl methyl sites for hydroxylation is 2. The molecule has 2 aliphatic rings. The summed E-state index contributed by atoms with van der Waals surface area (Å²) in [6, 6.07) is 26.4. The van der Waals surface area contributed by atoms with Crippen molar-refractivity contribution < 1.29 is 18.9 Å². The van der Waals surface area contributed by atoms with Gasteiger partial charge in [0, 0.05) is 35.8 Å². The quantitative estimate of drug-likeness (QED) is 0.153. The van der Waals surface area contributed by atoms with Crippen LogP contribution in [0.15, 0.2) is 72.8 Å². The fourth-order valence-electron chi connectivity index (χ4n) is 6.65. The number of anilines is 3. The van der Waals surface area contributed by atoms with Gasteiger partial charge in [-0.05, 0) is 96.3 Å². The van der Waals surface area contributed by atoms with Gasteiger partial charge in [0.25, 0.3) is 0 Å². The third-order valence-corrected chi connectivity index (χ3v) is 9.54. The van der Waals surface area contributed by atoms with Gasteiger partial charge in [-0.2, -0.15) is 0 Å². The maximum Gasteiger partial charge on any atom is 0.195 e. The second-order valence-electron chi connectivity index (χ2n) is 13.1. The summed E-state index contributed by atoms with van der Waals surface area (Å²) in [6.07, 6.45) is 6.23. The van der Waals surface area contributed by atoms with Crippen molar-refractivity contribution in [1.29, 1.82) is 0 Å². The minimum absolute atomic E-state index is 0.000975. The van der Waals surface area contributed by atoms with E-state index >= 15 is 0 Å². The fourth-order valence-corrected chi connectivity index (χ4v) is 6.65. The zero-order valence-electron chi connectivity index (χ0n) is 28.1. The van der Waals surface area contributed by atoms with Crippen molar-refractivity contribution in [1.82, 2.24) is 0 Å². The summed E-state index contributed by atoms with van der Waals surface area (Å²) in [5.41, 5.74) is 7.06. The number of rotatable bonds is 16. The summed E-state index contributed by atoms with van der Waals surface area (Å²) in [4.78, 5) is 2.32. The first-order chi connectivity index (χ1) is 21.1. The average molecular weight is 600 g/mol. The topological polar surface area (TPSA) is 46.8 Å². The van der Waals surface area contributed by atoms with E-state index in [0.29, 0.717) is 0 Å². The molecule has 2 heterocycles. The van der Waals surface area contributed by atoms with Gasteiger partial charge in [-0.15, -0.1) is 0 Å². The van der Waals surface area contributed by atoms with Gasteiger partial charge in [-0.3, -0.25) is 0 Å². The first-order valence-electron chi connectivity index (χ1n) is 16.9. The molecule has 6 unspecified atom stereocenters. The molecule has 2 aliphatic heterocycles. The van der Waals surface area contributed by atoms with E-state index < -0.39 is 11.6 Å². The molecule has 0 spiro atoms. The lowest BCUT2D eigenvalue weighted by Crippen LogP contribution is -2.38. The van der Waals surface area contributed by atoms with E-state index in [0.717, 1.165) is 55.6 Å². The molecule has 0 bridgehead atoms. The number of ether oxygens (including phenoxy) is 4. The molecule has 0 aromatic heterocycles. The van der Waals surface area contributed by atoms with Gasteiger partial charge in [-0.1, -0.05) is 74.2 Å². The molecule has 2 fully saturated rings. The molecular formula is C39H53NO4. The summed E-state index contributed by atoms with van der Waals surface area (Å²) in [5, 5.41) is 0. The van der Waals surface area contributed by atoms with Gasteiger partial charge >= 0.3 is 0 Å². The van der Waals surface area contributed by atoms with Crippen molar-refractivity contribution in [2.75, 3.05) is 4.90 Å². The second kappa shape index (κ2) is 13.7. The minimum atomic E-state index is -0.496. The number of benzene rings is 3. The number of hydrogen-bond acceptors (Lipinski definition) is 5. The summed E-state index contributed by atoms with van der Waals surface area (Å²) >= 11 is 0. The Kier molecular flexibility index (Phi) is 10.2. The molecule has 0 aliphatic carbocycles. The Hall–Kier alpha value is -2.70. The molecule has 0 saturated carbocycles. The van der Waals surface area contributed by atoms with Crippen LogP contribution in [0.25, 0.3) is 0 Å².